The Morgan fingerprint density at radius 2 is 1.75 bits per heavy atom. The number of hydrogen-bond donors (Lipinski definition) is 4. The molecule has 0 aliphatic heterocycles. The molecule has 2 aromatic carbocycles. The Balaban J connectivity index is 2.46. The number of aliphatic hydroxyl groups is 2. The number of anilines is 1. The molecule has 2 unspecified atom stereocenters. The molecule has 0 aliphatic rings. The molecule has 0 bridgehead atoms. The number of hydrogen-bond acceptors (Lipinski definition) is 7. The normalized spacial score (nSPS) is 14.1. The molecule has 2 atom stereocenters. The van der Waals surface area contributed by atoms with Crippen LogP contribution in [0.5, 0.6) is 0 Å². The van der Waals surface area contributed by atoms with Gasteiger partial charge in [0.1, 0.15) is 26.0 Å². The highest BCUT2D eigenvalue weighted by molar-refractivity contribution is 6.49. The van der Waals surface area contributed by atoms with Gasteiger partial charge in [-0.15, -0.1) is 0 Å². The molecule has 4 N–H and O–H groups in total. The number of halogens is 1. The van der Waals surface area contributed by atoms with E-state index in [1.807, 2.05) is 4.90 Å². The fraction of sp³-hybridized carbons (Fsp3) is 0.483. The van der Waals surface area contributed by atoms with Gasteiger partial charge in [0.2, 0.25) is 12.3 Å². The molecular weight excluding hydrogens is 557 g/mol. The average Bonchev–Trinajstić information content (AvgIpc) is 2.93. The molecule has 0 aromatic heterocycles. The molecule has 0 fully saturated rings. The van der Waals surface area contributed by atoms with E-state index in [-0.39, 0.29) is 37.1 Å². The van der Waals surface area contributed by atoms with Crippen LogP contribution in [0, 0.1) is 18.7 Å². The first-order valence-electron chi connectivity index (χ1n) is 14.0. The highest BCUT2D eigenvalue weighted by Crippen LogP contribution is 2.37. The summed E-state index contributed by atoms with van der Waals surface area (Å²) in [5.41, 5.74) is -1.00. The zero-order valence-electron chi connectivity index (χ0n) is 25.6. The number of carbonyl (C=O) groups excluding carboxylic acids is 3. The number of aliphatic hydroxyl groups excluding tert-OH is 1. The summed E-state index contributed by atoms with van der Waals surface area (Å²) in [5, 5.41) is 20.4. The third kappa shape index (κ3) is 8.79. The Bertz CT molecular complexity index is 1310. The Hall–Kier alpha value is -3.02. The van der Waals surface area contributed by atoms with Gasteiger partial charge in [0.25, 0.3) is 0 Å². The second-order valence-corrected chi connectivity index (χ2v) is 11.4. The Labute approximate surface area is 265 Å². The van der Waals surface area contributed by atoms with Crippen molar-refractivity contribution in [3.63, 3.8) is 0 Å². The van der Waals surface area contributed by atoms with Gasteiger partial charge in [0.05, 0.1) is 43.5 Å². The van der Waals surface area contributed by atoms with Crippen LogP contribution in [0.1, 0.15) is 36.1 Å². The van der Waals surface area contributed by atoms with E-state index in [4.69, 9.17) is 39.2 Å². The average molecular weight is 594 g/mol. The maximum absolute atomic E-state index is 15.4. The van der Waals surface area contributed by atoms with Crippen LogP contribution < -0.4 is 10.6 Å². The zero-order chi connectivity index (χ0) is 33.5. The molecule has 2 rings (SSSR count). The summed E-state index contributed by atoms with van der Waals surface area (Å²) in [6.45, 7) is 7.00. The third-order valence-electron chi connectivity index (χ3n) is 7.30. The van der Waals surface area contributed by atoms with Crippen LogP contribution in [-0.2, 0) is 32.8 Å². The topological polar surface area (TPSA) is 122 Å². The molecule has 224 valence electrons. The number of rotatable bonds is 17. The zero-order valence-corrected chi connectivity index (χ0v) is 25.6. The molecule has 9 nitrogen and oxygen atoms in total. The fourth-order valence-corrected chi connectivity index (χ4v) is 4.93. The first-order chi connectivity index (χ1) is 20.4. The lowest BCUT2D eigenvalue weighted by atomic mass is 9.38. The van der Waals surface area contributed by atoms with Crippen molar-refractivity contribution >= 4 is 63.5 Å². The lowest BCUT2D eigenvalue weighted by Gasteiger charge is -2.47. The Morgan fingerprint density at radius 3 is 2.27 bits per heavy atom. The van der Waals surface area contributed by atoms with Crippen LogP contribution in [0.3, 0.4) is 0 Å². The number of aldehydes is 1. The SMILES string of the molecule is [B]C([B])(Nc1cccc(C)c1CN(C=O)C(C(=O)NC)C([B])([B])C([B])(O)C=O)c1ccc(CN(CCO)CC(C)C)cc1F. The second kappa shape index (κ2) is 15.3. The van der Waals surface area contributed by atoms with Crippen LogP contribution in [0.2, 0.25) is 5.21 Å². The second-order valence-electron chi connectivity index (χ2n) is 11.4. The van der Waals surface area contributed by atoms with Crippen molar-refractivity contribution in [3.8, 4) is 0 Å². The minimum Gasteiger partial charge on any atom is -0.395 e. The first-order valence-corrected chi connectivity index (χ1v) is 14.0. The number of benzene rings is 2. The predicted molar refractivity (Wildman–Crippen MR) is 172 cm³/mol. The van der Waals surface area contributed by atoms with Crippen molar-refractivity contribution in [2.45, 2.75) is 56.0 Å². The van der Waals surface area contributed by atoms with Gasteiger partial charge in [-0.05, 0) is 57.8 Å². The minimum absolute atomic E-state index is 0.0299. The Morgan fingerprint density at radius 1 is 1.09 bits per heavy atom. The predicted octanol–water partition coefficient (Wildman–Crippen LogP) is -0.274. The van der Waals surface area contributed by atoms with Gasteiger partial charge in [0.15, 0.2) is 0 Å². The largest absolute Gasteiger partial charge is 0.395 e. The number of likely N-dealkylation sites (N-methyl/N-ethyl adjacent to an activating group) is 1. The third-order valence-corrected chi connectivity index (χ3v) is 7.30. The number of aryl methyl sites for hydroxylation is 1. The van der Waals surface area contributed by atoms with Crippen molar-refractivity contribution < 1.29 is 29.0 Å². The smallest absolute Gasteiger partial charge is 0.241 e. The number of amides is 2. The molecule has 0 aliphatic carbocycles. The summed E-state index contributed by atoms with van der Waals surface area (Å²) in [6.07, 6.45) is 0.138. The highest BCUT2D eigenvalue weighted by Gasteiger charge is 2.49. The summed E-state index contributed by atoms with van der Waals surface area (Å²) in [4.78, 5) is 39.5. The molecule has 44 heavy (non-hydrogen) atoms. The maximum atomic E-state index is 15.4. The molecule has 0 heterocycles. The molecule has 0 spiro atoms. The van der Waals surface area contributed by atoms with Crippen LogP contribution >= 0.6 is 0 Å². The number of carbonyl (C=O) groups is 3. The van der Waals surface area contributed by atoms with Gasteiger partial charge in [0, 0.05) is 38.9 Å². The summed E-state index contributed by atoms with van der Waals surface area (Å²) >= 11 is 0. The molecular formula is C29H36B5FN4O5. The summed E-state index contributed by atoms with van der Waals surface area (Å²) in [6, 6.07) is 7.65. The minimum atomic E-state index is -2.89. The van der Waals surface area contributed by atoms with E-state index in [0.29, 0.717) is 42.2 Å². The monoisotopic (exact) mass is 594 g/mol. The summed E-state index contributed by atoms with van der Waals surface area (Å²) in [7, 11) is 31.6. The van der Waals surface area contributed by atoms with Crippen LogP contribution in [-0.4, -0.2) is 116 Å². The molecule has 2 amide bonds. The van der Waals surface area contributed by atoms with Crippen molar-refractivity contribution in [2.75, 3.05) is 32.1 Å². The summed E-state index contributed by atoms with van der Waals surface area (Å²) in [5.74, 6) is -1.22. The van der Waals surface area contributed by atoms with Gasteiger partial charge < -0.3 is 30.5 Å². The quantitative estimate of drug-likeness (QED) is 0.147. The van der Waals surface area contributed by atoms with Crippen molar-refractivity contribution in [2.24, 2.45) is 5.92 Å². The number of nitrogens with one attached hydrogen (secondary N) is 2. The van der Waals surface area contributed by atoms with E-state index >= 15 is 4.39 Å². The van der Waals surface area contributed by atoms with Gasteiger partial charge in [-0.3, -0.25) is 14.5 Å². The highest BCUT2D eigenvalue weighted by atomic mass is 19.1. The van der Waals surface area contributed by atoms with E-state index in [1.165, 1.54) is 19.2 Å². The van der Waals surface area contributed by atoms with Crippen molar-refractivity contribution in [3.05, 3.63) is 64.5 Å². The Kier molecular flexibility index (Phi) is 12.9. The standard InChI is InChI=1S/C29H36B5FN4O5/c1-18(2)13-38(10-11-40)14-20-8-9-22(23(35)12-20)29(33,34)37-24-7-5-6-19(3)21(24)15-39(17-42)25(26(43)36-4)28(31,32)27(30,44)16-41/h5-9,12,16-18,25,37,40,44H,10-11,13-15H2,1-4H3,(H,36,43). The van der Waals surface area contributed by atoms with Crippen molar-refractivity contribution in [1.82, 2.24) is 15.1 Å². The van der Waals surface area contributed by atoms with Crippen LogP contribution in [0.25, 0.3) is 0 Å². The molecule has 10 radical (unpaired) electrons. The maximum Gasteiger partial charge on any atom is 0.241 e. The molecule has 0 saturated carbocycles. The van der Waals surface area contributed by atoms with Crippen molar-refractivity contribution in [1.29, 1.82) is 0 Å². The molecule has 2 aromatic rings. The van der Waals surface area contributed by atoms with Gasteiger partial charge >= 0.3 is 0 Å². The molecule has 0 saturated heterocycles. The van der Waals surface area contributed by atoms with Gasteiger partial charge in [-0.2, -0.15) is 0 Å². The van der Waals surface area contributed by atoms with E-state index < -0.39 is 33.8 Å². The van der Waals surface area contributed by atoms with E-state index in [9.17, 15) is 24.6 Å². The van der Waals surface area contributed by atoms with Crippen LogP contribution in [0.4, 0.5) is 10.1 Å². The summed E-state index contributed by atoms with van der Waals surface area (Å²) < 4.78 is 15.4. The van der Waals surface area contributed by atoms with Crippen LogP contribution in [0.15, 0.2) is 36.4 Å². The lowest BCUT2D eigenvalue weighted by Crippen LogP contribution is -2.62. The van der Waals surface area contributed by atoms with E-state index in [1.54, 1.807) is 31.2 Å². The van der Waals surface area contributed by atoms with Gasteiger partial charge in [-0.25, -0.2) is 4.39 Å². The fourth-order valence-electron chi connectivity index (χ4n) is 4.93. The lowest BCUT2D eigenvalue weighted by molar-refractivity contribution is -0.137. The van der Waals surface area contributed by atoms with Gasteiger partial charge in [-0.1, -0.05) is 38.1 Å². The first kappa shape index (κ1) is 37.2. The molecule has 15 heteroatoms. The van der Waals surface area contributed by atoms with E-state index in [0.717, 1.165) is 4.90 Å². The number of nitrogens with zero attached hydrogens (tertiary/aromatic N) is 2. The van der Waals surface area contributed by atoms with E-state index in [2.05, 4.69) is 24.5 Å².